The number of aryl methyl sites for hydroxylation is 1. The number of rotatable bonds is 5. The Morgan fingerprint density at radius 3 is 2.71 bits per heavy atom. The molecule has 1 fully saturated rings. The summed E-state index contributed by atoms with van der Waals surface area (Å²) in [5.74, 6) is 1.69. The van der Waals surface area contributed by atoms with Gasteiger partial charge in [0.1, 0.15) is 18.2 Å². The number of benzene rings is 2. The maximum Gasteiger partial charge on any atom is 0.258 e. The number of imidazole rings is 1. The molecule has 2 heterocycles. The molecule has 2 atom stereocenters. The monoisotopic (exact) mass is 430 g/mol. The molecular formula is C24H19ClN4O2. The molecule has 1 aliphatic rings. The Balaban J connectivity index is 1.39. The molecule has 0 amide bonds. The number of hydrogen-bond acceptors (Lipinski definition) is 4. The zero-order valence-electron chi connectivity index (χ0n) is 16.8. The van der Waals surface area contributed by atoms with Crippen LogP contribution < -0.4 is 10.3 Å². The molecule has 0 aliphatic heterocycles. The maximum atomic E-state index is 12.7. The third-order valence-corrected chi connectivity index (χ3v) is 5.93. The van der Waals surface area contributed by atoms with Crippen molar-refractivity contribution in [3.8, 4) is 17.5 Å². The topological polar surface area (TPSA) is 72.8 Å². The Bertz CT molecular complexity index is 1380. The normalized spacial score (nSPS) is 17.5. The first-order valence-electron chi connectivity index (χ1n) is 10.00. The lowest BCUT2D eigenvalue weighted by atomic mass is 10.2. The van der Waals surface area contributed by atoms with Gasteiger partial charge in [0, 0.05) is 30.3 Å². The molecule has 31 heavy (non-hydrogen) atoms. The van der Waals surface area contributed by atoms with Crippen LogP contribution in [0.5, 0.6) is 5.75 Å². The van der Waals surface area contributed by atoms with Crippen LogP contribution in [0.4, 0.5) is 0 Å². The minimum atomic E-state index is -0.179. The second kappa shape index (κ2) is 7.60. The summed E-state index contributed by atoms with van der Waals surface area (Å²) < 4.78 is 9.36. The summed E-state index contributed by atoms with van der Waals surface area (Å²) in [6.07, 6.45) is 2.57. The SMILES string of the molecule is Cn1c([C@H]2CC2C#N)nc2ccc(-n3ccc(OCc4ccc(Cl)cc4)cc3=O)cc21. The molecule has 0 radical (unpaired) electrons. The van der Waals surface area contributed by atoms with Crippen LogP contribution in [0.3, 0.4) is 0 Å². The van der Waals surface area contributed by atoms with Gasteiger partial charge in [0.15, 0.2) is 0 Å². The van der Waals surface area contributed by atoms with Crippen LogP contribution in [-0.4, -0.2) is 14.1 Å². The van der Waals surface area contributed by atoms with E-state index in [0.717, 1.165) is 34.5 Å². The minimum Gasteiger partial charge on any atom is -0.489 e. The van der Waals surface area contributed by atoms with E-state index in [2.05, 4.69) is 6.07 Å². The maximum absolute atomic E-state index is 12.7. The zero-order chi connectivity index (χ0) is 21.5. The summed E-state index contributed by atoms with van der Waals surface area (Å²) in [4.78, 5) is 17.4. The Kier molecular flexibility index (Phi) is 4.76. The van der Waals surface area contributed by atoms with Crippen molar-refractivity contribution in [3.05, 3.63) is 87.6 Å². The molecule has 0 N–H and O–H groups in total. The molecule has 0 saturated heterocycles. The smallest absolute Gasteiger partial charge is 0.258 e. The van der Waals surface area contributed by atoms with E-state index >= 15 is 0 Å². The molecule has 5 rings (SSSR count). The van der Waals surface area contributed by atoms with Crippen LogP contribution in [0, 0.1) is 17.2 Å². The molecule has 6 nitrogen and oxygen atoms in total. The van der Waals surface area contributed by atoms with Crippen LogP contribution in [-0.2, 0) is 13.7 Å². The van der Waals surface area contributed by atoms with Gasteiger partial charge in [-0.15, -0.1) is 0 Å². The molecule has 1 aliphatic carbocycles. The Morgan fingerprint density at radius 1 is 1.19 bits per heavy atom. The van der Waals surface area contributed by atoms with E-state index < -0.39 is 0 Å². The van der Waals surface area contributed by atoms with E-state index in [1.165, 1.54) is 6.07 Å². The van der Waals surface area contributed by atoms with Gasteiger partial charge in [0.05, 0.1) is 28.7 Å². The molecule has 7 heteroatoms. The van der Waals surface area contributed by atoms with Crippen molar-refractivity contribution in [3.63, 3.8) is 0 Å². The van der Waals surface area contributed by atoms with Crippen molar-refractivity contribution in [2.75, 3.05) is 0 Å². The molecule has 2 aromatic heterocycles. The number of nitrogens with zero attached hydrogens (tertiary/aromatic N) is 4. The lowest BCUT2D eigenvalue weighted by Crippen LogP contribution is -2.16. The summed E-state index contributed by atoms with van der Waals surface area (Å²) >= 11 is 5.90. The lowest BCUT2D eigenvalue weighted by molar-refractivity contribution is 0.305. The fraction of sp³-hybridized carbons (Fsp3) is 0.208. The summed E-state index contributed by atoms with van der Waals surface area (Å²) in [6, 6.07) is 18.7. The number of hydrogen-bond donors (Lipinski definition) is 0. The first-order chi connectivity index (χ1) is 15.0. The van der Waals surface area contributed by atoms with Gasteiger partial charge < -0.3 is 9.30 Å². The fourth-order valence-corrected chi connectivity index (χ4v) is 3.94. The van der Waals surface area contributed by atoms with Crippen LogP contribution in [0.25, 0.3) is 16.7 Å². The van der Waals surface area contributed by atoms with Crippen molar-refractivity contribution in [1.29, 1.82) is 5.26 Å². The summed E-state index contributed by atoms with van der Waals surface area (Å²) in [5, 5.41) is 9.79. The van der Waals surface area contributed by atoms with E-state index in [0.29, 0.717) is 17.4 Å². The van der Waals surface area contributed by atoms with Crippen LogP contribution in [0.15, 0.2) is 65.6 Å². The Morgan fingerprint density at radius 2 is 2.00 bits per heavy atom. The van der Waals surface area contributed by atoms with E-state index in [4.69, 9.17) is 26.6 Å². The van der Waals surface area contributed by atoms with Crippen molar-refractivity contribution in [2.45, 2.75) is 18.9 Å². The van der Waals surface area contributed by atoms with Crippen LogP contribution in [0.1, 0.15) is 23.7 Å². The standard InChI is InChI=1S/C24H19ClN4O2/c1-28-22-11-18(6-7-21(22)27-24(28)20-10-16(20)13-26)29-9-8-19(12-23(29)30)31-14-15-2-4-17(25)5-3-15/h2-9,11-12,16,20H,10,14H2,1H3/t16?,20-/m0/s1. The van der Waals surface area contributed by atoms with Gasteiger partial charge in [-0.3, -0.25) is 9.36 Å². The number of ether oxygens (including phenoxy) is 1. The predicted octanol–water partition coefficient (Wildman–Crippen LogP) is 4.58. The summed E-state index contributed by atoms with van der Waals surface area (Å²) in [7, 11) is 1.96. The zero-order valence-corrected chi connectivity index (χ0v) is 17.6. The molecule has 1 unspecified atom stereocenters. The number of halogens is 1. The average molecular weight is 431 g/mol. The predicted molar refractivity (Wildman–Crippen MR) is 119 cm³/mol. The highest BCUT2D eigenvalue weighted by atomic mass is 35.5. The number of fused-ring (bicyclic) bond motifs is 1. The Hall–Kier alpha value is -3.56. The largest absolute Gasteiger partial charge is 0.489 e. The minimum absolute atomic E-state index is 0.0537. The third kappa shape index (κ3) is 3.69. The number of nitriles is 1. The highest BCUT2D eigenvalue weighted by Crippen LogP contribution is 2.46. The number of pyridine rings is 1. The van der Waals surface area contributed by atoms with E-state index in [1.54, 1.807) is 16.8 Å². The summed E-state index contributed by atoms with van der Waals surface area (Å²) in [5.41, 5.74) is 3.35. The molecule has 154 valence electrons. The highest BCUT2D eigenvalue weighted by molar-refractivity contribution is 6.30. The average Bonchev–Trinajstić information content (AvgIpc) is 3.49. The number of aromatic nitrogens is 3. The van der Waals surface area contributed by atoms with E-state index in [-0.39, 0.29) is 17.4 Å². The van der Waals surface area contributed by atoms with Gasteiger partial charge in [0.2, 0.25) is 0 Å². The summed E-state index contributed by atoms with van der Waals surface area (Å²) in [6.45, 7) is 0.356. The van der Waals surface area contributed by atoms with Gasteiger partial charge in [-0.05, 0) is 48.4 Å². The lowest BCUT2D eigenvalue weighted by Gasteiger charge is -2.10. The fourth-order valence-electron chi connectivity index (χ4n) is 3.81. The van der Waals surface area contributed by atoms with Crippen molar-refractivity contribution in [1.82, 2.24) is 14.1 Å². The van der Waals surface area contributed by atoms with Gasteiger partial charge in [-0.25, -0.2) is 4.98 Å². The first-order valence-corrected chi connectivity index (χ1v) is 10.4. The van der Waals surface area contributed by atoms with Crippen molar-refractivity contribution in [2.24, 2.45) is 13.0 Å². The van der Waals surface area contributed by atoms with Crippen molar-refractivity contribution < 1.29 is 4.74 Å². The molecule has 0 spiro atoms. The molecular weight excluding hydrogens is 412 g/mol. The van der Waals surface area contributed by atoms with Gasteiger partial charge >= 0.3 is 0 Å². The van der Waals surface area contributed by atoms with Crippen LogP contribution >= 0.6 is 11.6 Å². The second-order valence-electron chi connectivity index (χ2n) is 7.77. The first kappa shape index (κ1) is 19.4. The highest BCUT2D eigenvalue weighted by Gasteiger charge is 2.41. The van der Waals surface area contributed by atoms with Crippen LogP contribution in [0.2, 0.25) is 5.02 Å². The van der Waals surface area contributed by atoms with E-state index in [1.807, 2.05) is 54.1 Å². The van der Waals surface area contributed by atoms with Gasteiger partial charge in [0.25, 0.3) is 5.56 Å². The molecule has 1 saturated carbocycles. The van der Waals surface area contributed by atoms with Gasteiger partial charge in [-0.2, -0.15) is 5.26 Å². The molecule has 4 aromatic rings. The van der Waals surface area contributed by atoms with Gasteiger partial charge in [-0.1, -0.05) is 23.7 Å². The second-order valence-corrected chi connectivity index (χ2v) is 8.20. The molecule has 0 bridgehead atoms. The van der Waals surface area contributed by atoms with E-state index in [9.17, 15) is 4.79 Å². The Labute approximate surface area is 183 Å². The third-order valence-electron chi connectivity index (χ3n) is 5.67. The quantitative estimate of drug-likeness (QED) is 0.464. The molecule has 2 aromatic carbocycles. The van der Waals surface area contributed by atoms with Crippen molar-refractivity contribution >= 4 is 22.6 Å².